The molecule has 2 aromatic rings. The fourth-order valence-corrected chi connectivity index (χ4v) is 2.23. The number of hydrogen-bond donors (Lipinski definition) is 1. The molecule has 3 rings (SSSR count). The Morgan fingerprint density at radius 3 is 2.62 bits per heavy atom. The standard InChI is InChI=1S/C15H17F2N3O/c1-21-13-6-4-12(5-7-13)20-14(15(16)17)10(9-19-20)8-18-11-2-3-11/h4-7,9,11,15,18H,2-3,8H2,1H3. The van der Waals surface area contributed by atoms with E-state index in [0.717, 1.165) is 12.8 Å². The van der Waals surface area contributed by atoms with Crippen molar-refractivity contribution in [3.63, 3.8) is 0 Å². The van der Waals surface area contributed by atoms with Gasteiger partial charge in [0.25, 0.3) is 6.43 Å². The second-order valence-electron chi connectivity index (χ2n) is 5.12. The van der Waals surface area contributed by atoms with Crippen molar-refractivity contribution in [1.82, 2.24) is 15.1 Å². The Bertz CT molecular complexity index is 606. The number of ether oxygens (including phenoxy) is 1. The highest BCUT2D eigenvalue weighted by molar-refractivity contribution is 5.39. The summed E-state index contributed by atoms with van der Waals surface area (Å²) in [6, 6.07) is 7.37. The predicted octanol–water partition coefficient (Wildman–Crippen LogP) is 3.07. The van der Waals surface area contributed by atoms with Gasteiger partial charge in [-0.15, -0.1) is 0 Å². The molecule has 1 aromatic heterocycles. The first kappa shape index (κ1) is 14.0. The van der Waals surface area contributed by atoms with Crippen molar-refractivity contribution < 1.29 is 13.5 Å². The van der Waals surface area contributed by atoms with E-state index in [0.29, 0.717) is 29.6 Å². The number of rotatable bonds is 6. The summed E-state index contributed by atoms with van der Waals surface area (Å²) in [7, 11) is 1.56. The molecule has 0 amide bonds. The summed E-state index contributed by atoms with van der Waals surface area (Å²) < 4.78 is 33.1. The number of methoxy groups -OCH3 is 1. The largest absolute Gasteiger partial charge is 0.497 e. The van der Waals surface area contributed by atoms with Crippen LogP contribution in [0, 0.1) is 0 Å². The van der Waals surface area contributed by atoms with Crippen LogP contribution in [0.2, 0.25) is 0 Å². The first-order valence-corrected chi connectivity index (χ1v) is 6.92. The van der Waals surface area contributed by atoms with Crippen LogP contribution < -0.4 is 10.1 Å². The van der Waals surface area contributed by atoms with Gasteiger partial charge in [-0.2, -0.15) is 5.10 Å². The molecule has 0 saturated heterocycles. The van der Waals surface area contributed by atoms with Crippen molar-refractivity contribution in [3.05, 3.63) is 41.7 Å². The number of halogens is 2. The van der Waals surface area contributed by atoms with Gasteiger partial charge in [0, 0.05) is 18.2 Å². The summed E-state index contributed by atoms with van der Waals surface area (Å²) >= 11 is 0. The molecule has 0 bridgehead atoms. The molecule has 0 radical (unpaired) electrons. The number of aromatic nitrogens is 2. The molecule has 1 saturated carbocycles. The maximum absolute atomic E-state index is 13.4. The van der Waals surface area contributed by atoms with E-state index in [4.69, 9.17) is 4.74 Å². The van der Waals surface area contributed by atoms with E-state index < -0.39 is 6.43 Å². The average molecular weight is 293 g/mol. The first-order valence-electron chi connectivity index (χ1n) is 6.92. The van der Waals surface area contributed by atoms with E-state index in [1.54, 1.807) is 31.4 Å². The molecule has 0 atom stereocenters. The molecule has 112 valence electrons. The van der Waals surface area contributed by atoms with Gasteiger partial charge in [-0.3, -0.25) is 0 Å². The van der Waals surface area contributed by atoms with Gasteiger partial charge in [-0.05, 0) is 37.1 Å². The summed E-state index contributed by atoms with van der Waals surface area (Å²) in [6.45, 7) is 0.431. The van der Waals surface area contributed by atoms with Gasteiger partial charge in [-0.25, -0.2) is 13.5 Å². The van der Waals surface area contributed by atoms with E-state index in [1.165, 1.54) is 10.9 Å². The Kier molecular flexibility index (Phi) is 3.88. The molecule has 1 aromatic carbocycles. The van der Waals surface area contributed by atoms with E-state index in [-0.39, 0.29) is 5.69 Å². The Balaban J connectivity index is 1.88. The van der Waals surface area contributed by atoms with E-state index in [9.17, 15) is 8.78 Å². The first-order chi connectivity index (χ1) is 10.2. The van der Waals surface area contributed by atoms with Gasteiger partial charge in [-0.1, -0.05) is 0 Å². The van der Waals surface area contributed by atoms with Gasteiger partial charge >= 0.3 is 0 Å². The molecule has 1 heterocycles. The third-order valence-electron chi connectivity index (χ3n) is 3.57. The molecule has 1 aliphatic carbocycles. The van der Waals surface area contributed by atoms with Gasteiger partial charge in [0.2, 0.25) is 0 Å². The molecular formula is C15H17F2N3O. The second-order valence-corrected chi connectivity index (χ2v) is 5.12. The zero-order chi connectivity index (χ0) is 14.8. The van der Waals surface area contributed by atoms with Crippen LogP contribution in [0.15, 0.2) is 30.5 Å². The zero-order valence-electron chi connectivity index (χ0n) is 11.7. The van der Waals surface area contributed by atoms with Crippen LogP contribution in [0.25, 0.3) is 5.69 Å². The molecule has 0 spiro atoms. The van der Waals surface area contributed by atoms with Crippen LogP contribution in [0.1, 0.15) is 30.5 Å². The zero-order valence-corrected chi connectivity index (χ0v) is 11.7. The third kappa shape index (κ3) is 3.05. The van der Waals surface area contributed by atoms with Crippen molar-refractivity contribution in [3.8, 4) is 11.4 Å². The summed E-state index contributed by atoms with van der Waals surface area (Å²) in [5, 5.41) is 7.36. The SMILES string of the molecule is COc1ccc(-n2ncc(CNC3CC3)c2C(F)F)cc1. The predicted molar refractivity (Wildman–Crippen MR) is 74.9 cm³/mol. The van der Waals surface area contributed by atoms with E-state index >= 15 is 0 Å². The number of alkyl halides is 2. The fraction of sp³-hybridized carbons (Fsp3) is 0.400. The lowest BCUT2D eigenvalue weighted by molar-refractivity contribution is 0.141. The summed E-state index contributed by atoms with van der Waals surface area (Å²) in [4.78, 5) is 0. The van der Waals surface area contributed by atoms with Crippen molar-refractivity contribution >= 4 is 0 Å². The third-order valence-corrected chi connectivity index (χ3v) is 3.57. The van der Waals surface area contributed by atoms with Gasteiger partial charge in [0.05, 0.1) is 19.0 Å². The molecule has 6 heteroatoms. The molecule has 21 heavy (non-hydrogen) atoms. The highest BCUT2D eigenvalue weighted by Gasteiger charge is 2.24. The highest BCUT2D eigenvalue weighted by Crippen LogP contribution is 2.27. The van der Waals surface area contributed by atoms with Crippen molar-refractivity contribution in [1.29, 1.82) is 0 Å². The number of benzene rings is 1. The van der Waals surface area contributed by atoms with Crippen LogP contribution in [-0.4, -0.2) is 22.9 Å². The quantitative estimate of drug-likeness (QED) is 0.889. The monoisotopic (exact) mass is 293 g/mol. The minimum atomic E-state index is -2.56. The Labute approximate surface area is 121 Å². The summed E-state index contributed by atoms with van der Waals surface area (Å²) in [5.41, 5.74) is 1.10. The maximum atomic E-state index is 13.4. The van der Waals surface area contributed by atoms with E-state index in [2.05, 4.69) is 10.4 Å². The van der Waals surface area contributed by atoms with Crippen LogP contribution in [0.4, 0.5) is 8.78 Å². The minimum absolute atomic E-state index is 0.0479. The maximum Gasteiger partial charge on any atom is 0.280 e. The number of hydrogen-bond acceptors (Lipinski definition) is 3. The van der Waals surface area contributed by atoms with Gasteiger partial charge in [0.15, 0.2) is 0 Å². The Hall–Kier alpha value is -1.95. The van der Waals surface area contributed by atoms with E-state index in [1.807, 2.05) is 0 Å². The van der Waals surface area contributed by atoms with Crippen LogP contribution >= 0.6 is 0 Å². The Morgan fingerprint density at radius 1 is 1.33 bits per heavy atom. The molecule has 1 aliphatic rings. The molecule has 4 nitrogen and oxygen atoms in total. The number of nitrogens with one attached hydrogen (secondary N) is 1. The molecule has 1 N–H and O–H groups in total. The molecule has 1 fully saturated rings. The second kappa shape index (κ2) is 5.81. The molecular weight excluding hydrogens is 276 g/mol. The lowest BCUT2D eigenvalue weighted by atomic mass is 10.2. The van der Waals surface area contributed by atoms with Gasteiger partial charge < -0.3 is 10.1 Å². The fourth-order valence-electron chi connectivity index (χ4n) is 2.23. The normalized spacial score (nSPS) is 14.7. The van der Waals surface area contributed by atoms with Gasteiger partial charge in [0.1, 0.15) is 11.4 Å². The summed E-state index contributed by atoms with van der Waals surface area (Å²) in [5.74, 6) is 0.681. The van der Waals surface area contributed by atoms with Crippen LogP contribution in [0.5, 0.6) is 5.75 Å². The molecule has 0 unspecified atom stereocenters. The van der Waals surface area contributed by atoms with Crippen molar-refractivity contribution in [2.75, 3.05) is 7.11 Å². The summed E-state index contributed by atoms with van der Waals surface area (Å²) in [6.07, 6.45) is 1.19. The lowest BCUT2D eigenvalue weighted by Gasteiger charge is -2.10. The van der Waals surface area contributed by atoms with Crippen LogP contribution in [0.3, 0.4) is 0 Å². The number of nitrogens with zero attached hydrogens (tertiary/aromatic N) is 2. The highest BCUT2D eigenvalue weighted by atomic mass is 19.3. The Morgan fingerprint density at radius 2 is 2.05 bits per heavy atom. The van der Waals surface area contributed by atoms with Crippen molar-refractivity contribution in [2.45, 2.75) is 31.9 Å². The smallest absolute Gasteiger partial charge is 0.280 e. The van der Waals surface area contributed by atoms with Crippen molar-refractivity contribution in [2.24, 2.45) is 0 Å². The minimum Gasteiger partial charge on any atom is -0.497 e. The average Bonchev–Trinajstić information content (AvgIpc) is 3.23. The van der Waals surface area contributed by atoms with Crippen LogP contribution in [-0.2, 0) is 6.54 Å². The lowest BCUT2D eigenvalue weighted by Crippen LogP contribution is -2.16. The topological polar surface area (TPSA) is 39.1 Å². The molecule has 0 aliphatic heterocycles.